The highest BCUT2D eigenvalue weighted by Gasteiger charge is 2.33. The molecule has 1 N–H and O–H groups in total. The van der Waals surface area contributed by atoms with E-state index in [2.05, 4.69) is 10.1 Å². The summed E-state index contributed by atoms with van der Waals surface area (Å²) in [5.74, 6) is -0.646. The second-order valence-electron chi connectivity index (χ2n) is 4.66. The average molecular weight is 298 g/mol. The van der Waals surface area contributed by atoms with Crippen LogP contribution in [-0.4, -0.2) is 51.5 Å². The Morgan fingerprint density at radius 1 is 1.40 bits per heavy atom. The van der Waals surface area contributed by atoms with Crippen molar-refractivity contribution in [3.8, 4) is 0 Å². The molecule has 6 nitrogen and oxygen atoms in total. The maximum Gasteiger partial charge on any atom is 0.339 e. The third kappa shape index (κ3) is 2.70. The lowest BCUT2D eigenvalue weighted by molar-refractivity contribution is 0.0596. The fourth-order valence-corrected chi connectivity index (χ4v) is 4.09. The summed E-state index contributed by atoms with van der Waals surface area (Å²) in [5, 5.41) is 3.14. The Labute approximate surface area is 118 Å². The number of benzene rings is 1. The summed E-state index contributed by atoms with van der Waals surface area (Å²) < 4.78 is 31.5. The molecular weight excluding hydrogens is 280 g/mol. The Balaban J connectivity index is 2.46. The van der Waals surface area contributed by atoms with E-state index in [0.29, 0.717) is 19.6 Å². The van der Waals surface area contributed by atoms with Gasteiger partial charge in [-0.15, -0.1) is 0 Å². The molecule has 1 unspecified atom stereocenters. The number of nitrogens with one attached hydrogen (secondary N) is 1. The van der Waals surface area contributed by atoms with Gasteiger partial charge in [-0.05, 0) is 19.1 Å². The van der Waals surface area contributed by atoms with Crippen LogP contribution in [0.15, 0.2) is 29.2 Å². The first-order chi connectivity index (χ1) is 9.48. The molecule has 0 aliphatic carbocycles. The molecule has 1 aliphatic rings. The standard InChI is InChI=1S/C13H18N2O4S/c1-10-9-14-7-8-15(10)20(17,18)12-6-4-3-5-11(12)13(16)19-2/h3-6,10,14H,7-9H2,1-2H3. The van der Waals surface area contributed by atoms with Crippen molar-refractivity contribution >= 4 is 16.0 Å². The van der Waals surface area contributed by atoms with Gasteiger partial charge in [-0.3, -0.25) is 0 Å². The Bertz CT molecular complexity index is 600. The molecule has 1 aliphatic heterocycles. The summed E-state index contributed by atoms with van der Waals surface area (Å²) in [5.41, 5.74) is 0.0701. The Morgan fingerprint density at radius 3 is 2.75 bits per heavy atom. The second kappa shape index (κ2) is 5.90. The minimum absolute atomic E-state index is 0.000556. The molecule has 2 rings (SSSR count). The fraction of sp³-hybridized carbons (Fsp3) is 0.462. The van der Waals surface area contributed by atoms with Crippen molar-refractivity contribution < 1.29 is 17.9 Å². The van der Waals surface area contributed by atoms with Crippen LogP contribution in [0.1, 0.15) is 17.3 Å². The molecule has 1 aromatic carbocycles. The van der Waals surface area contributed by atoms with Gasteiger partial charge in [-0.1, -0.05) is 12.1 Å². The van der Waals surface area contributed by atoms with E-state index >= 15 is 0 Å². The van der Waals surface area contributed by atoms with Crippen LogP contribution < -0.4 is 5.32 Å². The molecule has 0 spiro atoms. The maximum absolute atomic E-state index is 12.7. The van der Waals surface area contributed by atoms with Crippen molar-refractivity contribution in [3.63, 3.8) is 0 Å². The fourth-order valence-electron chi connectivity index (χ4n) is 2.28. The van der Waals surface area contributed by atoms with Crippen LogP contribution in [0.2, 0.25) is 0 Å². The van der Waals surface area contributed by atoms with E-state index in [4.69, 9.17) is 0 Å². The molecule has 0 amide bonds. The van der Waals surface area contributed by atoms with E-state index in [1.807, 2.05) is 6.92 Å². The molecule has 1 atom stereocenters. The molecule has 0 saturated carbocycles. The number of piperazine rings is 1. The van der Waals surface area contributed by atoms with E-state index in [1.54, 1.807) is 12.1 Å². The first-order valence-corrected chi connectivity index (χ1v) is 7.82. The van der Waals surface area contributed by atoms with Gasteiger partial charge in [0.25, 0.3) is 0 Å². The number of hydrogen-bond acceptors (Lipinski definition) is 5. The van der Waals surface area contributed by atoms with Gasteiger partial charge >= 0.3 is 5.97 Å². The van der Waals surface area contributed by atoms with Crippen LogP contribution in [-0.2, 0) is 14.8 Å². The van der Waals surface area contributed by atoms with Crippen molar-refractivity contribution in [2.24, 2.45) is 0 Å². The second-order valence-corrected chi connectivity index (χ2v) is 6.52. The van der Waals surface area contributed by atoms with Gasteiger partial charge in [0.2, 0.25) is 10.0 Å². The van der Waals surface area contributed by atoms with Gasteiger partial charge in [-0.25, -0.2) is 13.2 Å². The molecule has 1 saturated heterocycles. The monoisotopic (exact) mass is 298 g/mol. The van der Waals surface area contributed by atoms with Gasteiger partial charge in [0.15, 0.2) is 0 Å². The lowest BCUT2D eigenvalue weighted by Crippen LogP contribution is -2.52. The number of sulfonamides is 1. The van der Waals surface area contributed by atoms with Gasteiger partial charge < -0.3 is 10.1 Å². The van der Waals surface area contributed by atoms with Crippen molar-refractivity contribution in [1.82, 2.24) is 9.62 Å². The molecule has 20 heavy (non-hydrogen) atoms. The van der Waals surface area contributed by atoms with Gasteiger partial charge in [-0.2, -0.15) is 4.31 Å². The predicted molar refractivity (Wildman–Crippen MR) is 74.0 cm³/mol. The minimum atomic E-state index is -3.70. The molecule has 7 heteroatoms. The topological polar surface area (TPSA) is 75.7 Å². The number of methoxy groups -OCH3 is 1. The summed E-state index contributed by atoms with van der Waals surface area (Å²) in [7, 11) is -2.47. The van der Waals surface area contributed by atoms with Crippen molar-refractivity contribution in [1.29, 1.82) is 0 Å². The molecule has 1 heterocycles. The van der Waals surface area contributed by atoms with Gasteiger partial charge in [0, 0.05) is 25.7 Å². The van der Waals surface area contributed by atoms with E-state index in [9.17, 15) is 13.2 Å². The summed E-state index contributed by atoms with van der Waals surface area (Å²) >= 11 is 0. The Morgan fingerprint density at radius 2 is 2.10 bits per heavy atom. The Kier molecular flexibility index (Phi) is 4.42. The zero-order chi connectivity index (χ0) is 14.8. The highest BCUT2D eigenvalue weighted by Crippen LogP contribution is 2.23. The minimum Gasteiger partial charge on any atom is -0.465 e. The SMILES string of the molecule is COC(=O)c1ccccc1S(=O)(=O)N1CCNCC1C. The van der Waals surface area contributed by atoms with E-state index < -0.39 is 16.0 Å². The van der Waals surface area contributed by atoms with Crippen LogP contribution in [0.4, 0.5) is 0 Å². The predicted octanol–water partition coefficient (Wildman–Crippen LogP) is 0.456. The number of nitrogens with zero attached hydrogens (tertiary/aromatic N) is 1. The van der Waals surface area contributed by atoms with Crippen LogP contribution in [0, 0.1) is 0 Å². The number of hydrogen-bond donors (Lipinski definition) is 1. The number of carbonyl (C=O) groups is 1. The first-order valence-electron chi connectivity index (χ1n) is 6.38. The number of carbonyl (C=O) groups excluding carboxylic acids is 1. The van der Waals surface area contributed by atoms with Gasteiger partial charge in [0.1, 0.15) is 0 Å². The molecule has 0 aromatic heterocycles. The van der Waals surface area contributed by atoms with Crippen molar-refractivity contribution in [2.75, 3.05) is 26.7 Å². The quantitative estimate of drug-likeness (QED) is 0.820. The maximum atomic E-state index is 12.7. The van der Waals surface area contributed by atoms with Crippen molar-refractivity contribution in [3.05, 3.63) is 29.8 Å². The third-order valence-electron chi connectivity index (χ3n) is 3.32. The van der Waals surface area contributed by atoms with Crippen LogP contribution in [0.5, 0.6) is 0 Å². The van der Waals surface area contributed by atoms with E-state index in [-0.39, 0.29) is 16.5 Å². The van der Waals surface area contributed by atoms with Crippen molar-refractivity contribution in [2.45, 2.75) is 17.9 Å². The normalized spacial score (nSPS) is 20.6. The van der Waals surface area contributed by atoms with Crippen LogP contribution in [0.25, 0.3) is 0 Å². The average Bonchev–Trinajstić information content (AvgIpc) is 2.46. The van der Waals surface area contributed by atoms with Crippen LogP contribution >= 0.6 is 0 Å². The molecular formula is C13H18N2O4S. The van der Waals surface area contributed by atoms with E-state index in [1.165, 1.54) is 23.5 Å². The smallest absolute Gasteiger partial charge is 0.339 e. The molecule has 0 radical (unpaired) electrons. The number of ether oxygens (including phenoxy) is 1. The molecule has 0 bridgehead atoms. The zero-order valence-electron chi connectivity index (χ0n) is 11.5. The number of rotatable bonds is 3. The zero-order valence-corrected chi connectivity index (χ0v) is 12.3. The highest BCUT2D eigenvalue weighted by atomic mass is 32.2. The number of esters is 1. The summed E-state index contributed by atoms with van der Waals surface area (Å²) in [6.07, 6.45) is 0. The molecule has 1 aromatic rings. The lowest BCUT2D eigenvalue weighted by atomic mass is 10.2. The van der Waals surface area contributed by atoms with E-state index in [0.717, 1.165) is 0 Å². The largest absolute Gasteiger partial charge is 0.465 e. The molecule has 110 valence electrons. The lowest BCUT2D eigenvalue weighted by Gasteiger charge is -2.33. The first kappa shape index (κ1) is 15.0. The van der Waals surface area contributed by atoms with Crippen LogP contribution in [0.3, 0.4) is 0 Å². The van der Waals surface area contributed by atoms with Gasteiger partial charge in [0.05, 0.1) is 17.6 Å². The summed E-state index contributed by atoms with van der Waals surface area (Å²) in [6.45, 7) is 3.42. The molecule has 1 fully saturated rings. The highest BCUT2D eigenvalue weighted by molar-refractivity contribution is 7.89. The third-order valence-corrected chi connectivity index (χ3v) is 5.39. The Hall–Kier alpha value is -1.44. The summed E-state index contributed by atoms with van der Waals surface area (Å²) in [6, 6.07) is 5.97. The summed E-state index contributed by atoms with van der Waals surface area (Å²) in [4.78, 5) is 11.7.